The van der Waals surface area contributed by atoms with Gasteiger partial charge in [0.15, 0.2) is 4.73 Å². The number of rotatable bonds is 3. The van der Waals surface area contributed by atoms with Gasteiger partial charge in [-0.2, -0.15) is 0 Å². The Morgan fingerprint density at radius 3 is 2.42 bits per heavy atom. The molecular formula is C6H6Br3FN2. The van der Waals surface area contributed by atoms with E-state index in [2.05, 4.69) is 52.8 Å². The summed E-state index contributed by atoms with van der Waals surface area (Å²) in [4.78, 5) is 4.09. The minimum atomic E-state index is -0.311. The molecular weight excluding hydrogens is 359 g/mol. The van der Waals surface area contributed by atoms with Gasteiger partial charge in [-0.15, -0.1) is 0 Å². The molecule has 0 aliphatic heterocycles. The molecule has 0 spiro atoms. The molecule has 0 unspecified atom stereocenters. The van der Waals surface area contributed by atoms with Crippen LogP contribution in [0, 0.1) is 0 Å². The fraction of sp³-hybridized carbons (Fsp3) is 0.500. The summed E-state index contributed by atoms with van der Waals surface area (Å²) in [6.07, 6.45) is 0.500. The number of halogens is 4. The van der Waals surface area contributed by atoms with Crippen molar-refractivity contribution >= 4 is 47.8 Å². The van der Waals surface area contributed by atoms with Gasteiger partial charge in [0.2, 0.25) is 0 Å². The quantitative estimate of drug-likeness (QED) is 0.802. The van der Waals surface area contributed by atoms with Gasteiger partial charge in [-0.1, -0.05) is 0 Å². The fourth-order valence-electron chi connectivity index (χ4n) is 0.788. The maximum Gasteiger partial charge on any atom is 0.179 e. The van der Waals surface area contributed by atoms with E-state index in [-0.39, 0.29) is 6.67 Å². The van der Waals surface area contributed by atoms with Crippen LogP contribution in [-0.2, 0) is 6.54 Å². The van der Waals surface area contributed by atoms with E-state index in [4.69, 9.17) is 0 Å². The van der Waals surface area contributed by atoms with E-state index >= 15 is 0 Å². The van der Waals surface area contributed by atoms with Crippen LogP contribution in [0.4, 0.5) is 4.39 Å². The van der Waals surface area contributed by atoms with Gasteiger partial charge in [-0.25, -0.2) is 4.98 Å². The Labute approximate surface area is 94.9 Å². The average molecular weight is 365 g/mol. The third kappa shape index (κ3) is 2.29. The van der Waals surface area contributed by atoms with Gasteiger partial charge >= 0.3 is 0 Å². The van der Waals surface area contributed by atoms with Crippen LogP contribution in [0.3, 0.4) is 0 Å². The summed E-state index contributed by atoms with van der Waals surface area (Å²) in [5, 5.41) is 0. The van der Waals surface area contributed by atoms with E-state index in [1.807, 2.05) is 4.57 Å². The van der Waals surface area contributed by atoms with E-state index < -0.39 is 0 Å². The van der Waals surface area contributed by atoms with Crippen LogP contribution in [0.15, 0.2) is 13.9 Å². The number of aromatic nitrogens is 2. The Balaban J connectivity index is 2.82. The Morgan fingerprint density at radius 2 is 2.00 bits per heavy atom. The van der Waals surface area contributed by atoms with Crippen molar-refractivity contribution in [2.24, 2.45) is 0 Å². The van der Waals surface area contributed by atoms with Crippen LogP contribution < -0.4 is 0 Å². The zero-order valence-corrected chi connectivity index (χ0v) is 10.8. The number of hydrogen-bond acceptors (Lipinski definition) is 1. The predicted octanol–water partition coefficient (Wildman–Crippen LogP) is 3.53. The van der Waals surface area contributed by atoms with Crippen molar-refractivity contribution in [3.05, 3.63) is 13.9 Å². The highest BCUT2D eigenvalue weighted by molar-refractivity contribution is 9.13. The number of alkyl halides is 1. The zero-order chi connectivity index (χ0) is 9.14. The highest BCUT2D eigenvalue weighted by atomic mass is 79.9. The van der Waals surface area contributed by atoms with Gasteiger partial charge in [-0.05, 0) is 54.2 Å². The molecule has 0 fully saturated rings. The minimum Gasteiger partial charge on any atom is -0.312 e. The topological polar surface area (TPSA) is 17.8 Å². The smallest absolute Gasteiger partial charge is 0.179 e. The second-order valence-corrected chi connectivity index (χ2v) is 4.37. The standard InChI is InChI=1S/C6H6Br3FN2/c7-4-5(8)12(3-1-2-10)6(9)11-4/h1-3H2. The molecule has 0 atom stereocenters. The molecule has 1 aromatic heterocycles. The highest BCUT2D eigenvalue weighted by Gasteiger charge is 2.09. The van der Waals surface area contributed by atoms with Crippen molar-refractivity contribution in [3.63, 3.8) is 0 Å². The van der Waals surface area contributed by atoms with Crippen LogP contribution in [0.1, 0.15) is 6.42 Å². The van der Waals surface area contributed by atoms with Crippen molar-refractivity contribution in [2.45, 2.75) is 13.0 Å². The second kappa shape index (κ2) is 4.72. The van der Waals surface area contributed by atoms with Crippen molar-refractivity contribution in [3.8, 4) is 0 Å². The zero-order valence-electron chi connectivity index (χ0n) is 6.03. The predicted molar refractivity (Wildman–Crippen MR) is 55.9 cm³/mol. The van der Waals surface area contributed by atoms with Gasteiger partial charge in [0, 0.05) is 6.54 Å². The van der Waals surface area contributed by atoms with Crippen LogP contribution >= 0.6 is 47.8 Å². The van der Waals surface area contributed by atoms with E-state index in [0.29, 0.717) is 17.7 Å². The summed E-state index contributed by atoms with van der Waals surface area (Å²) in [5.74, 6) is 0. The summed E-state index contributed by atoms with van der Waals surface area (Å²) < 4.78 is 16.0. The molecule has 0 saturated carbocycles. The molecule has 6 heteroatoms. The molecule has 12 heavy (non-hydrogen) atoms. The lowest BCUT2D eigenvalue weighted by Crippen LogP contribution is -1.99. The molecule has 1 aromatic rings. The first-order chi connectivity index (χ1) is 5.66. The molecule has 0 aromatic carbocycles. The Morgan fingerprint density at radius 1 is 1.33 bits per heavy atom. The van der Waals surface area contributed by atoms with Crippen molar-refractivity contribution in [2.75, 3.05) is 6.67 Å². The lowest BCUT2D eigenvalue weighted by Gasteiger charge is -2.02. The third-order valence-corrected chi connectivity index (χ3v) is 3.83. The highest BCUT2D eigenvalue weighted by Crippen LogP contribution is 2.26. The lowest BCUT2D eigenvalue weighted by atomic mass is 10.5. The number of imidazole rings is 1. The summed E-state index contributed by atoms with van der Waals surface area (Å²) in [6, 6.07) is 0. The Bertz CT molecular complexity index is 274. The van der Waals surface area contributed by atoms with Crippen LogP contribution in [0.25, 0.3) is 0 Å². The normalized spacial score (nSPS) is 10.7. The maximum absolute atomic E-state index is 11.9. The van der Waals surface area contributed by atoms with Crippen molar-refractivity contribution in [1.29, 1.82) is 0 Å². The molecule has 0 aliphatic carbocycles. The number of nitrogens with zero attached hydrogens (tertiary/aromatic N) is 2. The van der Waals surface area contributed by atoms with Crippen LogP contribution in [0.5, 0.6) is 0 Å². The largest absolute Gasteiger partial charge is 0.312 e. The summed E-state index contributed by atoms with van der Waals surface area (Å²) in [5.41, 5.74) is 0. The van der Waals surface area contributed by atoms with E-state index in [1.54, 1.807) is 0 Å². The first kappa shape index (κ1) is 10.7. The first-order valence-electron chi connectivity index (χ1n) is 3.29. The van der Waals surface area contributed by atoms with Gasteiger partial charge < -0.3 is 4.57 Å². The fourth-order valence-corrected chi connectivity index (χ4v) is 2.61. The Hall–Kier alpha value is 0.580. The van der Waals surface area contributed by atoms with E-state index in [0.717, 1.165) is 9.21 Å². The number of hydrogen-bond donors (Lipinski definition) is 0. The Kier molecular flexibility index (Phi) is 4.19. The lowest BCUT2D eigenvalue weighted by molar-refractivity contribution is 0.443. The van der Waals surface area contributed by atoms with Crippen molar-refractivity contribution < 1.29 is 4.39 Å². The summed E-state index contributed by atoms with van der Waals surface area (Å²) in [6.45, 7) is 0.310. The SMILES string of the molecule is FCCCn1c(Br)nc(Br)c1Br. The minimum absolute atomic E-state index is 0.311. The molecule has 0 N–H and O–H groups in total. The van der Waals surface area contributed by atoms with E-state index in [9.17, 15) is 4.39 Å². The first-order valence-corrected chi connectivity index (χ1v) is 5.67. The van der Waals surface area contributed by atoms with Gasteiger partial charge in [-0.3, -0.25) is 4.39 Å². The molecule has 0 aliphatic rings. The molecule has 1 heterocycles. The maximum atomic E-state index is 11.9. The molecule has 0 amide bonds. The van der Waals surface area contributed by atoms with Gasteiger partial charge in [0.05, 0.1) is 6.67 Å². The average Bonchev–Trinajstić information content (AvgIpc) is 2.25. The second-order valence-electron chi connectivity index (χ2n) is 2.16. The molecule has 68 valence electrons. The molecule has 2 nitrogen and oxygen atoms in total. The molecule has 0 radical (unpaired) electrons. The summed E-state index contributed by atoms with van der Waals surface area (Å²) in [7, 11) is 0. The van der Waals surface area contributed by atoms with Gasteiger partial charge in [0.1, 0.15) is 9.21 Å². The van der Waals surface area contributed by atoms with Crippen LogP contribution in [-0.4, -0.2) is 16.2 Å². The third-order valence-electron chi connectivity index (χ3n) is 1.34. The van der Waals surface area contributed by atoms with Crippen LogP contribution in [0.2, 0.25) is 0 Å². The van der Waals surface area contributed by atoms with Gasteiger partial charge in [0.25, 0.3) is 0 Å². The van der Waals surface area contributed by atoms with Crippen molar-refractivity contribution in [1.82, 2.24) is 9.55 Å². The monoisotopic (exact) mass is 362 g/mol. The van der Waals surface area contributed by atoms with E-state index in [1.165, 1.54) is 0 Å². The molecule has 1 rings (SSSR count). The molecule has 0 saturated heterocycles. The summed E-state index contributed by atoms with van der Waals surface area (Å²) >= 11 is 9.86. The molecule has 0 bridgehead atoms.